The highest BCUT2D eigenvalue weighted by atomic mass is 32.2. The van der Waals surface area contributed by atoms with Crippen LogP contribution in [0.4, 0.5) is 0 Å². The molecule has 0 unspecified atom stereocenters. The first-order chi connectivity index (χ1) is 31.7. The van der Waals surface area contributed by atoms with Crippen LogP contribution >= 0.6 is 11.8 Å². The Morgan fingerprint density at radius 2 is 0.953 bits per heavy atom. The molecule has 8 aromatic rings. The summed E-state index contributed by atoms with van der Waals surface area (Å²) in [5, 5.41) is -3.35. The summed E-state index contributed by atoms with van der Waals surface area (Å²) < 4.78 is 224. The van der Waals surface area contributed by atoms with Crippen LogP contribution in [0, 0.1) is 0 Å². The lowest BCUT2D eigenvalue weighted by atomic mass is 9.83. The third-order valence-electron chi connectivity index (χ3n) is 7.07. The van der Waals surface area contributed by atoms with E-state index >= 15 is 0 Å². The molecule has 9 rings (SSSR count). The van der Waals surface area contributed by atoms with E-state index in [0.29, 0.717) is 0 Å². The van der Waals surface area contributed by atoms with Crippen LogP contribution in [0.5, 0.6) is 0 Å². The maximum atomic E-state index is 9.65. The third kappa shape index (κ3) is 3.79. The van der Waals surface area contributed by atoms with E-state index in [1.54, 1.807) is 0 Å². The fraction of sp³-hybridized carbons (Fsp3) is 0. The fourth-order valence-corrected chi connectivity index (χ4v) is 6.32. The molecule has 8 aromatic carbocycles. The monoisotopic (exact) mass is 587 g/mol. The van der Waals surface area contributed by atoms with Gasteiger partial charge in [0.15, 0.2) is 0 Å². The lowest BCUT2D eigenvalue weighted by molar-refractivity contribution is 1.40. The van der Waals surface area contributed by atoms with Crippen LogP contribution in [0.3, 0.4) is 0 Å². The molecule has 0 radical (unpaired) electrons. The molecule has 43 heavy (non-hydrogen) atoms. The van der Waals surface area contributed by atoms with Crippen molar-refractivity contribution in [3.8, 4) is 44.5 Å². The predicted octanol–water partition coefficient (Wildman–Crippen LogP) is 12.3. The molecule has 0 amide bonds. The lowest BCUT2D eigenvalue weighted by Crippen LogP contribution is -1.95. The van der Waals surface area contributed by atoms with E-state index < -0.39 is 205 Å². The second-order valence-corrected chi connectivity index (χ2v) is 10.4. The van der Waals surface area contributed by atoms with E-state index in [4.69, 9.17) is 21.9 Å². The number of benzene rings is 8. The minimum absolute atomic E-state index is 0.0971. The predicted molar refractivity (Wildman–Crippen MR) is 185 cm³/mol. The Labute approximate surface area is 290 Å². The van der Waals surface area contributed by atoms with Gasteiger partial charge in [0.25, 0.3) is 0 Å². The summed E-state index contributed by atoms with van der Waals surface area (Å²) in [6, 6.07) is -20.0. The average molecular weight is 588 g/mol. The average Bonchev–Trinajstić information content (AvgIpc) is 3.31. The van der Waals surface area contributed by atoms with Crippen molar-refractivity contribution in [2.75, 3.05) is 0 Å². The number of rotatable bonds is 3. The van der Waals surface area contributed by atoms with Gasteiger partial charge in [0.2, 0.25) is 0 Å². The van der Waals surface area contributed by atoms with Crippen molar-refractivity contribution < 1.29 is 34.3 Å². The minimum atomic E-state index is -1.02. The highest BCUT2D eigenvalue weighted by Gasteiger charge is 2.23. The van der Waals surface area contributed by atoms with Gasteiger partial charge in [-0.15, -0.1) is 0 Å². The maximum Gasteiger partial charge on any atom is 0.0636 e. The van der Waals surface area contributed by atoms with Gasteiger partial charge in [0, 0.05) is 15.2 Å². The van der Waals surface area contributed by atoms with Gasteiger partial charge in [0.05, 0.1) is 34.3 Å². The molecule has 1 heteroatoms. The van der Waals surface area contributed by atoms with Crippen molar-refractivity contribution >= 4 is 44.1 Å². The van der Waals surface area contributed by atoms with E-state index in [1.165, 1.54) is 6.07 Å². The molecule has 0 saturated heterocycles. The molecular weight excluding hydrogens is 537 g/mol. The molecule has 0 aromatic heterocycles. The molecule has 0 spiro atoms. The first-order valence-electron chi connectivity index (χ1n) is 25.2. The summed E-state index contributed by atoms with van der Waals surface area (Å²) in [4.78, 5) is 0.0209. The van der Waals surface area contributed by atoms with Crippen molar-refractivity contribution in [2.24, 2.45) is 0 Å². The summed E-state index contributed by atoms with van der Waals surface area (Å²) in [5.41, 5.74) is -4.66. The van der Waals surface area contributed by atoms with E-state index in [2.05, 4.69) is 0 Å². The Hall–Kier alpha value is -5.11. The summed E-state index contributed by atoms with van der Waals surface area (Å²) in [5.74, 6) is 0. The van der Waals surface area contributed by atoms with E-state index in [9.17, 15) is 12.3 Å². The van der Waals surface area contributed by atoms with Gasteiger partial charge in [0.1, 0.15) is 0 Å². The lowest BCUT2D eigenvalue weighted by Gasteiger charge is -2.23. The largest absolute Gasteiger partial charge is 0.0888 e. The zero-order chi connectivity index (χ0) is 50.1. The van der Waals surface area contributed by atoms with Crippen molar-refractivity contribution in [2.45, 2.75) is 9.79 Å². The first-order valence-corrected chi connectivity index (χ1v) is 13.6. The summed E-state index contributed by atoms with van der Waals surface area (Å²) in [6.45, 7) is 0. The van der Waals surface area contributed by atoms with Gasteiger partial charge >= 0.3 is 0 Å². The van der Waals surface area contributed by atoms with Crippen molar-refractivity contribution in [1.82, 2.24) is 0 Å². The van der Waals surface area contributed by atoms with Gasteiger partial charge in [-0.3, -0.25) is 0 Å². The summed E-state index contributed by atoms with van der Waals surface area (Å²) in [6.07, 6.45) is 0. The van der Waals surface area contributed by atoms with Crippen molar-refractivity contribution in [3.63, 3.8) is 0 Å². The Bertz CT molecular complexity index is 3660. The van der Waals surface area contributed by atoms with E-state index in [0.717, 1.165) is 11.8 Å². The normalized spacial score (nSPS) is 20.2. The van der Waals surface area contributed by atoms with Crippen LogP contribution in [-0.4, -0.2) is 0 Å². The van der Waals surface area contributed by atoms with Gasteiger partial charge < -0.3 is 0 Å². The molecule has 0 bridgehead atoms. The van der Waals surface area contributed by atoms with Gasteiger partial charge in [-0.2, -0.15) is 0 Å². The number of fused-ring (bicyclic) bond motifs is 4. The molecule has 0 fully saturated rings. The highest BCUT2D eigenvalue weighted by molar-refractivity contribution is 7.99. The molecule has 0 N–H and O–H groups in total. The summed E-state index contributed by atoms with van der Waals surface area (Å²) >= 11 is 0.779. The van der Waals surface area contributed by atoms with Gasteiger partial charge in [-0.1, -0.05) is 151 Å². The molecule has 0 atom stereocenters. The van der Waals surface area contributed by atoms with Crippen LogP contribution in [0.15, 0.2) is 167 Å². The Balaban J connectivity index is 1.63. The zero-order valence-electron chi connectivity index (χ0n) is 46.5. The van der Waals surface area contributed by atoms with Crippen molar-refractivity contribution in [3.05, 3.63) is 157 Å². The van der Waals surface area contributed by atoms with Crippen LogP contribution in [-0.2, 0) is 0 Å². The molecule has 1 heterocycles. The molecular formula is C42H26S. The van der Waals surface area contributed by atoms with Crippen LogP contribution in [0.25, 0.3) is 76.8 Å². The van der Waals surface area contributed by atoms with Crippen LogP contribution < -0.4 is 0 Å². The Morgan fingerprint density at radius 3 is 1.72 bits per heavy atom. The SMILES string of the molecule is [2H]c1cc2c(c([2H])c1[2H])-c1c([2H])c([2H])c([2H])c3c(-c4c5c([2H])c([2H])c([2H])c([2H])c5c(-c5c([2H])c([2H])c([2H])c(-c6c([2H])c([2H])c([2H])c([2H])c6[2H])c5[2H])c5c([2H])c([2H])c([2H])c([2H])c45)c([2H])c([2H])c(c13)S2. The summed E-state index contributed by atoms with van der Waals surface area (Å²) in [7, 11) is 0. The maximum absolute atomic E-state index is 9.65. The topological polar surface area (TPSA) is 0 Å². The molecule has 1 aliphatic rings. The molecule has 0 aliphatic carbocycles. The van der Waals surface area contributed by atoms with Gasteiger partial charge in [-0.25, -0.2) is 0 Å². The smallest absolute Gasteiger partial charge is 0.0636 e. The second-order valence-electron chi connectivity index (χ2n) is 9.33. The van der Waals surface area contributed by atoms with Crippen LogP contribution in [0.2, 0.25) is 0 Å². The molecule has 1 aliphatic heterocycles. The second kappa shape index (κ2) is 9.73. The Morgan fingerprint density at radius 1 is 0.372 bits per heavy atom. The van der Waals surface area contributed by atoms with Crippen LogP contribution in [0.1, 0.15) is 34.3 Å². The quantitative estimate of drug-likeness (QED) is 0.185. The fourth-order valence-electron chi connectivity index (χ4n) is 5.32. The third-order valence-corrected chi connectivity index (χ3v) is 8.13. The minimum Gasteiger partial charge on any atom is -0.0888 e. The first kappa shape index (κ1) is 10.3. The van der Waals surface area contributed by atoms with E-state index in [1.807, 2.05) is 0 Å². The Kier molecular flexibility index (Phi) is 2.32. The zero-order valence-corrected chi connectivity index (χ0v) is 22.3. The van der Waals surface area contributed by atoms with E-state index in [-0.39, 0.29) is 32.3 Å². The van der Waals surface area contributed by atoms with Crippen molar-refractivity contribution in [1.29, 1.82) is 0 Å². The number of hydrogen-bond acceptors (Lipinski definition) is 1. The highest BCUT2D eigenvalue weighted by Crippen LogP contribution is 2.51. The molecule has 0 nitrogen and oxygen atoms in total. The standard InChI is InChI=1S/C42H26S/c1-2-12-27(13-3-1)28-14-10-15-29(26-28)40-32-17-4-6-19-34(32)41(35-20-7-5-18-33(35)40)37-24-25-39-42-31(21-11-22-36(37)42)30-16-8-9-23-38(30)43-39/h1-26H/i1D,2D,3D,4D,5D,6D,7D,8D,9D,10D,11D,12D,13D,14D,15D,16D,17D,18D,19D,20D,21D,22D,24D,25D,26D. The van der Waals surface area contributed by atoms with Gasteiger partial charge in [-0.05, 0) is 89.6 Å². The molecule has 0 saturated carbocycles. The molecule has 200 valence electrons. The number of hydrogen-bond donors (Lipinski definition) is 0.